The highest BCUT2D eigenvalue weighted by molar-refractivity contribution is 6.06. The Balaban J connectivity index is 1.80. The number of pyridine rings is 1. The van der Waals surface area contributed by atoms with Crippen molar-refractivity contribution in [3.8, 4) is 0 Å². The fourth-order valence-electron chi connectivity index (χ4n) is 3.56. The maximum Gasteiger partial charge on any atom is 0.258 e. The van der Waals surface area contributed by atoms with Crippen LogP contribution in [0.3, 0.4) is 0 Å². The molecule has 0 unspecified atom stereocenters. The molecule has 0 radical (unpaired) electrons. The maximum atomic E-state index is 13.4. The number of carbonyl (C=O) groups is 1. The summed E-state index contributed by atoms with van der Waals surface area (Å²) >= 11 is 0. The van der Waals surface area contributed by atoms with Crippen molar-refractivity contribution in [3.63, 3.8) is 0 Å². The number of aromatic amines is 1. The topological polar surface area (TPSA) is 53.2 Å². The van der Waals surface area contributed by atoms with Crippen LogP contribution < -0.4 is 10.5 Å². The lowest BCUT2D eigenvalue weighted by molar-refractivity contribution is 0.0985. The number of fused-ring (bicyclic) bond motifs is 1. The third kappa shape index (κ3) is 3.90. The molecular formula is C26H24N2O2. The molecule has 3 aromatic carbocycles. The first-order valence-corrected chi connectivity index (χ1v) is 9.99. The number of nitrogens with one attached hydrogen (secondary N) is 1. The smallest absolute Gasteiger partial charge is 0.258 e. The highest BCUT2D eigenvalue weighted by Gasteiger charge is 2.20. The van der Waals surface area contributed by atoms with Gasteiger partial charge in [-0.1, -0.05) is 36.4 Å². The van der Waals surface area contributed by atoms with E-state index in [4.69, 9.17) is 0 Å². The number of nitrogens with zero attached hydrogens (tertiary/aromatic N) is 1. The van der Waals surface area contributed by atoms with Crippen molar-refractivity contribution in [3.05, 3.63) is 111 Å². The van der Waals surface area contributed by atoms with Gasteiger partial charge in [-0.25, -0.2) is 0 Å². The fraction of sp³-hybridized carbons (Fsp3) is 0.154. The third-order valence-corrected chi connectivity index (χ3v) is 5.47. The summed E-state index contributed by atoms with van der Waals surface area (Å²) in [6, 6.07) is 22.9. The Bertz CT molecular complexity index is 1290. The number of H-pyrrole nitrogens is 1. The van der Waals surface area contributed by atoms with E-state index in [2.05, 4.69) is 4.98 Å². The molecule has 1 heterocycles. The summed E-state index contributed by atoms with van der Waals surface area (Å²) in [6.07, 6.45) is 0. The minimum Gasteiger partial charge on any atom is -0.322 e. The summed E-state index contributed by atoms with van der Waals surface area (Å²) in [5.41, 5.74) is 5.87. The van der Waals surface area contributed by atoms with Crippen LogP contribution in [0.5, 0.6) is 0 Å². The van der Waals surface area contributed by atoms with Crippen molar-refractivity contribution in [1.82, 2.24) is 4.98 Å². The van der Waals surface area contributed by atoms with Gasteiger partial charge in [0.25, 0.3) is 11.5 Å². The van der Waals surface area contributed by atoms with Gasteiger partial charge in [0.05, 0.1) is 6.54 Å². The molecule has 4 nitrogen and oxygen atoms in total. The summed E-state index contributed by atoms with van der Waals surface area (Å²) in [5.74, 6) is -0.137. The molecule has 1 amide bonds. The van der Waals surface area contributed by atoms with E-state index in [1.54, 1.807) is 17.0 Å². The number of anilines is 1. The van der Waals surface area contributed by atoms with Gasteiger partial charge >= 0.3 is 0 Å². The largest absolute Gasteiger partial charge is 0.322 e. The van der Waals surface area contributed by atoms with Gasteiger partial charge in [-0.2, -0.15) is 0 Å². The minimum absolute atomic E-state index is 0.137. The van der Waals surface area contributed by atoms with Gasteiger partial charge in [0.15, 0.2) is 0 Å². The van der Waals surface area contributed by atoms with Crippen LogP contribution in [-0.4, -0.2) is 10.9 Å². The second kappa shape index (κ2) is 7.99. The van der Waals surface area contributed by atoms with Crippen LogP contribution in [0, 0.1) is 20.8 Å². The van der Waals surface area contributed by atoms with Gasteiger partial charge in [0.2, 0.25) is 0 Å². The zero-order chi connectivity index (χ0) is 21.3. The monoisotopic (exact) mass is 396 g/mol. The predicted molar refractivity (Wildman–Crippen MR) is 122 cm³/mol. The van der Waals surface area contributed by atoms with E-state index in [9.17, 15) is 9.59 Å². The molecule has 0 saturated carbocycles. The lowest BCUT2D eigenvalue weighted by Gasteiger charge is -2.24. The zero-order valence-corrected chi connectivity index (χ0v) is 17.4. The second-order valence-corrected chi connectivity index (χ2v) is 7.74. The molecule has 0 saturated heterocycles. The molecule has 0 spiro atoms. The molecule has 0 atom stereocenters. The lowest BCUT2D eigenvalue weighted by Crippen LogP contribution is -2.33. The fourth-order valence-corrected chi connectivity index (χ4v) is 3.56. The molecule has 1 aromatic heterocycles. The van der Waals surface area contributed by atoms with Crippen LogP contribution in [0.2, 0.25) is 0 Å². The van der Waals surface area contributed by atoms with Crippen molar-refractivity contribution in [2.75, 3.05) is 4.90 Å². The van der Waals surface area contributed by atoms with Gasteiger partial charge in [-0.3, -0.25) is 9.59 Å². The number of hydrogen-bond donors (Lipinski definition) is 1. The first kappa shape index (κ1) is 19.6. The Morgan fingerprint density at radius 2 is 1.63 bits per heavy atom. The highest BCUT2D eigenvalue weighted by Crippen LogP contribution is 2.23. The molecule has 0 aliphatic rings. The minimum atomic E-state index is -0.178. The first-order valence-electron chi connectivity index (χ1n) is 9.99. The molecule has 0 fully saturated rings. The van der Waals surface area contributed by atoms with Crippen molar-refractivity contribution < 1.29 is 4.79 Å². The summed E-state index contributed by atoms with van der Waals surface area (Å²) in [5, 5.41) is 0.947. The average Bonchev–Trinajstić information content (AvgIpc) is 2.74. The highest BCUT2D eigenvalue weighted by atomic mass is 16.2. The molecule has 4 aromatic rings. The number of carbonyl (C=O) groups excluding carboxylic acids is 1. The average molecular weight is 396 g/mol. The van der Waals surface area contributed by atoms with Crippen molar-refractivity contribution in [2.24, 2.45) is 0 Å². The summed E-state index contributed by atoms with van der Waals surface area (Å²) in [6.45, 7) is 6.24. The van der Waals surface area contributed by atoms with E-state index >= 15 is 0 Å². The molecule has 0 bridgehead atoms. The number of rotatable bonds is 4. The molecule has 0 aliphatic carbocycles. The molecule has 30 heavy (non-hydrogen) atoms. The van der Waals surface area contributed by atoms with Crippen LogP contribution in [-0.2, 0) is 6.54 Å². The number of aromatic nitrogens is 1. The van der Waals surface area contributed by atoms with Gasteiger partial charge < -0.3 is 9.88 Å². The SMILES string of the molecule is Cc1ccc2cc(CN(C(=O)c3ccccc3)c3ccc(C)c(C)c3)c(=O)[nH]c2c1. The van der Waals surface area contributed by atoms with Crippen LogP contribution in [0.1, 0.15) is 32.6 Å². The quantitative estimate of drug-likeness (QED) is 0.509. The van der Waals surface area contributed by atoms with E-state index in [-0.39, 0.29) is 18.0 Å². The van der Waals surface area contributed by atoms with Crippen LogP contribution in [0.15, 0.2) is 77.6 Å². The molecule has 4 rings (SSSR count). The third-order valence-electron chi connectivity index (χ3n) is 5.47. The molecule has 4 heteroatoms. The van der Waals surface area contributed by atoms with Crippen LogP contribution >= 0.6 is 0 Å². The first-order chi connectivity index (χ1) is 14.4. The van der Waals surface area contributed by atoms with E-state index < -0.39 is 0 Å². The summed E-state index contributed by atoms with van der Waals surface area (Å²) in [7, 11) is 0. The Hall–Kier alpha value is -3.66. The van der Waals surface area contributed by atoms with Crippen LogP contribution in [0.25, 0.3) is 10.9 Å². The molecule has 0 aliphatic heterocycles. The molecule has 1 N–H and O–H groups in total. The van der Waals surface area contributed by atoms with Gasteiger partial charge in [-0.05, 0) is 79.2 Å². The van der Waals surface area contributed by atoms with Crippen molar-refractivity contribution in [1.29, 1.82) is 0 Å². The van der Waals surface area contributed by atoms with E-state index in [0.717, 1.165) is 33.3 Å². The zero-order valence-electron chi connectivity index (χ0n) is 17.4. The number of amides is 1. The van der Waals surface area contributed by atoms with E-state index in [1.165, 1.54) is 0 Å². The van der Waals surface area contributed by atoms with Crippen molar-refractivity contribution >= 4 is 22.5 Å². The van der Waals surface area contributed by atoms with E-state index in [0.29, 0.717) is 11.1 Å². The molecular weight excluding hydrogens is 372 g/mol. The summed E-state index contributed by atoms with van der Waals surface area (Å²) < 4.78 is 0. The van der Waals surface area contributed by atoms with Gasteiger partial charge in [-0.15, -0.1) is 0 Å². The number of benzene rings is 3. The van der Waals surface area contributed by atoms with Gasteiger partial charge in [0, 0.05) is 22.3 Å². The lowest BCUT2D eigenvalue weighted by atomic mass is 10.1. The Kier molecular flexibility index (Phi) is 5.23. The standard InChI is InChI=1S/C26H24N2O2/c1-17-9-11-21-15-22(25(29)27-24(21)13-17)16-28(23-12-10-18(2)19(3)14-23)26(30)20-7-5-4-6-8-20/h4-15H,16H2,1-3H3,(H,27,29). The second-order valence-electron chi connectivity index (χ2n) is 7.74. The Labute approximate surface area is 175 Å². The Morgan fingerprint density at radius 1 is 0.867 bits per heavy atom. The maximum absolute atomic E-state index is 13.4. The normalized spacial score (nSPS) is 10.9. The summed E-state index contributed by atoms with van der Waals surface area (Å²) in [4.78, 5) is 30.8. The number of aryl methyl sites for hydroxylation is 3. The number of hydrogen-bond acceptors (Lipinski definition) is 2. The van der Waals surface area contributed by atoms with Crippen molar-refractivity contribution in [2.45, 2.75) is 27.3 Å². The Morgan fingerprint density at radius 3 is 2.37 bits per heavy atom. The van der Waals surface area contributed by atoms with Gasteiger partial charge in [0.1, 0.15) is 0 Å². The van der Waals surface area contributed by atoms with E-state index in [1.807, 2.05) is 81.4 Å². The van der Waals surface area contributed by atoms with Crippen LogP contribution in [0.4, 0.5) is 5.69 Å². The molecule has 150 valence electrons. The predicted octanol–water partition coefficient (Wildman–Crippen LogP) is 5.30.